The number of pyridine rings is 1. The average Bonchev–Trinajstić information content (AvgIpc) is 2.38. The molecule has 0 radical (unpaired) electrons. The van der Waals surface area contributed by atoms with Crippen molar-refractivity contribution in [3.05, 3.63) is 40.7 Å². The maximum atomic E-state index is 11.7. The molecule has 0 aliphatic heterocycles. The third-order valence-electron chi connectivity index (χ3n) is 2.53. The van der Waals surface area contributed by atoms with E-state index in [4.69, 9.17) is 4.74 Å². The zero-order valence-electron chi connectivity index (χ0n) is 9.73. The van der Waals surface area contributed by atoms with Gasteiger partial charge < -0.3 is 9.72 Å². The number of nitrogens with one attached hydrogen (secondary N) is 1. The molecule has 0 saturated carbocycles. The van der Waals surface area contributed by atoms with E-state index in [9.17, 15) is 4.79 Å². The van der Waals surface area contributed by atoms with Crippen molar-refractivity contribution in [2.45, 2.75) is 13.3 Å². The van der Waals surface area contributed by atoms with Gasteiger partial charge in [0, 0.05) is 17.3 Å². The van der Waals surface area contributed by atoms with E-state index in [0.717, 1.165) is 5.56 Å². The molecule has 0 aliphatic carbocycles. The molecule has 5 nitrogen and oxygen atoms in total. The second-order valence-electron chi connectivity index (χ2n) is 3.53. The van der Waals surface area contributed by atoms with Gasteiger partial charge in [-0.05, 0) is 12.5 Å². The highest BCUT2D eigenvalue weighted by Gasteiger charge is 2.09. The quantitative estimate of drug-likeness (QED) is 0.867. The zero-order chi connectivity index (χ0) is 12.3. The number of H-pyrrole nitrogens is 1. The highest BCUT2D eigenvalue weighted by Crippen LogP contribution is 2.22. The lowest BCUT2D eigenvalue weighted by Crippen LogP contribution is -2.14. The number of methoxy groups -OCH3 is 1. The number of ether oxygens (including phenoxy) is 1. The molecule has 0 aliphatic rings. The summed E-state index contributed by atoms with van der Waals surface area (Å²) in [5, 5.41) is 0. The van der Waals surface area contributed by atoms with Crippen LogP contribution in [0, 0.1) is 0 Å². The van der Waals surface area contributed by atoms with Crippen LogP contribution >= 0.6 is 0 Å². The van der Waals surface area contributed by atoms with Gasteiger partial charge in [0.25, 0.3) is 5.56 Å². The summed E-state index contributed by atoms with van der Waals surface area (Å²) in [7, 11) is 1.58. The van der Waals surface area contributed by atoms with E-state index in [1.54, 1.807) is 19.5 Å². The summed E-state index contributed by atoms with van der Waals surface area (Å²) < 4.78 is 5.10. The van der Waals surface area contributed by atoms with Crippen LogP contribution < -0.4 is 10.3 Å². The largest absolute Gasteiger partial charge is 0.495 e. The van der Waals surface area contributed by atoms with Crippen LogP contribution in [-0.2, 0) is 6.42 Å². The van der Waals surface area contributed by atoms with E-state index < -0.39 is 0 Å². The van der Waals surface area contributed by atoms with Crippen LogP contribution in [0.4, 0.5) is 0 Å². The predicted octanol–water partition coefficient (Wildman–Crippen LogP) is 1.40. The van der Waals surface area contributed by atoms with Crippen LogP contribution in [-0.4, -0.2) is 22.1 Å². The Labute approximate surface area is 98.5 Å². The molecule has 0 bridgehead atoms. The van der Waals surface area contributed by atoms with Gasteiger partial charge in [-0.25, -0.2) is 4.98 Å². The zero-order valence-corrected chi connectivity index (χ0v) is 9.73. The lowest BCUT2D eigenvalue weighted by Gasteiger charge is -2.06. The van der Waals surface area contributed by atoms with Gasteiger partial charge in [0.15, 0.2) is 0 Å². The molecule has 2 heterocycles. The highest BCUT2D eigenvalue weighted by atomic mass is 16.5. The standard InChI is InChI=1S/C12H13N3O2/c1-3-10-11(14-7-15-12(10)16)8-4-9(17-2)6-13-5-8/h4-7H,3H2,1-2H3,(H,14,15,16). The molecular formula is C12H13N3O2. The van der Waals surface area contributed by atoms with Crippen molar-refractivity contribution in [2.24, 2.45) is 0 Å². The number of nitrogens with zero attached hydrogens (tertiary/aromatic N) is 2. The summed E-state index contributed by atoms with van der Waals surface area (Å²) in [4.78, 5) is 22.5. The van der Waals surface area contributed by atoms with Gasteiger partial charge in [0.1, 0.15) is 5.75 Å². The van der Waals surface area contributed by atoms with Crippen LogP contribution in [0.3, 0.4) is 0 Å². The van der Waals surface area contributed by atoms with Gasteiger partial charge in [0.05, 0.1) is 25.3 Å². The topological polar surface area (TPSA) is 67.9 Å². The van der Waals surface area contributed by atoms with E-state index in [0.29, 0.717) is 23.4 Å². The van der Waals surface area contributed by atoms with Crippen LogP contribution in [0.25, 0.3) is 11.3 Å². The number of rotatable bonds is 3. The molecule has 0 unspecified atom stereocenters. The van der Waals surface area contributed by atoms with Crippen molar-refractivity contribution >= 4 is 0 Å². The Hall–Kier alpha value is -2.17. The fraction of sp³-hybridized carbons (Fsp3) is 0.250. The molecule has 0 atom stereocenters. The summed E-state index contributed by atoms with van der Waals surface area (Å²) in [5.41, 5.74) is 1.98. The summed E-state index contributed by atoms with van der Waals surface area (Å²) in [6, 6.07) is 1.81. The Kier molecular flexibility index (Phi) is 3.18. The minimum absolute atomic E-state index is 0.111. The summed E-state index contributed by atoms with van der Waals surface area (Å²) in [6.45, 7) is 1.92. The van der Waals surface area contributed by atoms with Crippen molar-refractivity contribution < 1.29 is 4.74 Å². The first kappa shape index (κ1) is 11.3. The molecule has 0 fully saturated rings. The SMILES string of the molecule is CCc1c(-c2cncc(OC)c2)nc[nH]c1=O. The first-order valence-electron chi connectivity index (χ1n) is 5.32. The highest BCUT2D eigenvalue weighted by molar-refractivity contribution is 5.62. The van der Waals surface area contributed by atoms with Gasteiger partial charge in [-0.2, -0.15) is 0 Å². The maximum absolute atomic E-state index is 11.7. The molecule has 0 saturated heterocycles. The van der Waals surface area contributed by atoms with Gasteiger partial charge >= 0.3 is 0 Å². The Bertz CT molecular complexity index is 578. The smallest absolute Gasteiger partial charge is 0.254 e. The van der Waals surface area contributed by atoms with E-state index in [2.05, 4.69) is 15.0 Å². The molecule has 17 heavy (non-hydrogen) atoms. The predicted molar refractivity (Wildman–Crippen MR) is 64.0 cm³/mol. The second kappa shape index (κ2) is 4.78. The lowest BCUT2D eigenvalue weighted by molar-refractivity contribution is 0.413. The molecule has 2 rings (SSSR count). The monoisotopic (exact) mass is 231 g/mol. The van der Waals surface area contributed by atoms with Gasteiger partial charge in [-0.15, -0.1) is 0 Å². The first-order chi connectivity index (χ1) is 8.26. The Balaban J connectivity index is 2.59. The first-order valence-corrected chi connectivity index (χ1v) is 5.32. The second-order valence-corrected chi connectivity index (χ2v) is 3.53. The van der Waals surface area contributed by atoms with Crippen LogP contribution in [0.1, 0.15) is 12.5 Å². The number of hydrogen-bond donors (Lipinski definition) is 1. The molecule has 88 valence electrons. The molecule has 0 amide bonds. The van der Waals surface area contributed by atoms with Crippen molar-refractivity contribution in [3.63, 3.8) is 0 Å². The Morgan fingerprint density at radius 1 is 1.41 bits per heavy atom. The summed E-state index contributed by atoms with van der Waals surface area (Å²) in [5.74, 6) is 0.645. The molecule has 5 heteroatoms. The van der Waals surface area contributed by atoms with Crippen molar-refractivity contribution in [1.29, 1.82) is 0 Å². The maximum Gasteiger partial charge on any atom is 0.254 e. The molecule has 2 aromatic heterocycles. The third-order valence-corrected chi connectivity index (χ3v) is 2.53. The van der Waals surface area contributed by atoms with E-state index in [1.165, 1.54) is 6.33 Å². The molecule has 1 N–H and O–H groups in total. The fourth-order valence-corrected chi connectivity index (χ4v) is 1.66. The van der Waals surface area contributed by atoms with Crippen LogP contribution in [0.5, 0.6) is 5.75 Å². The van der Waals surface area contributed by atoms with Crippen molar-refractivity contribution in [2.75, 3.05) is 7.11 Å². The summed E-state index contributed by atoms with van der Waals surface area (Å²) in [6.07, 6.45) is 5.30. The molecule has 2 aromatic rings. The Morgan fingerprint density at radius 3 is 2.94 bits per heavy atom. The van der Waals surface area contributed by atoms with E-state index >= 15 is 0 Å². The Morgan fingerprint density at radius 2 is 2.24 bits per heavy atom. The average molecular weight is 231 g/mol. The number of hydrogen-bond acceptors (Lipinski definition) is 4. The number of aromatic nitrogens is 3. The molecule has 0 spiro atoms. The fourth-order valence-electron chi connectivity index (χ4n) is 1.66. The van der Waals surface area contributed by atoms with E-state index in [-0.39, 0.29) is 5.56 Å². The van der Waals surface area contributed by atoms with Gasteiger partial charge in [0.2, 0.25) is 0 Å². The summed E-state index contributed by atoms with van der Waals surface area (Å²) >= 11 is 0. The molecule has 0 aromatic carbocycles. The van der Waals surface area contributed by atoms with Gasteiger partial charge in [-0.3, -0.25) is 9.78 Å². The van der Waals surface area contributed by atoms with Crippen molar-refractivity contribution in [3.8, 4) is 17.0 Å². The minimum atomic E-state index is -0.111. The minimum Gasteiger partial charge on any atom is -0.495 e. The number of aromatic amines is 1. The lowest BCUT2D eigenvalue weighted by atomic mass is 10.1. The van der Waals surface area contributed by atoms with Crippen LogP contribution in [0.2, 0.25) is 0 Å². The third kappa shape index (κ3) is 2.18. The van der Waals surface area contributed by atoms with E-state index in [1.807, 2.05) is 13.0 Å². The van der Waals surface area contributed by atoms with Crippen molar-refractivity contribution in [1.82, 2.24) is 15.0 Å². The normalized spacial score (nSPS) is 10.2. The van der Waals surface area contributed by atoms with Gasteiger partial charge in [-0.1, -0.05) is 6.92 Å². The molecular weight excluding hydrogens is 218 g/mol. The van der Waals surface area contributed by atoms with Crippen LogP contribution in [0.15, 0.2) is 29.6 Å².